The number of hydrogen-bond donors (Lipinski definition) is 1. The number of rotatable bonds is 3. The van der Waals surface area contributed by atoms with Crippen LogP contribution in [0.1, 0.15) is 76.6 Å². The molecule has 0 aliphatic carbocycles. The van der Waals surface area contributed by atoms with Crippen LogP contribution in [0.4, 0.5) is 4.79 Å². The molecule has 0 radical (unpaired) electrons. The smallest absolute Gasteiger partial charge is 0.408 e. The normalized spacial score (nSPS) is 13.4. The quantitative estimate of drug-likeness (QED) is 0.855. The Kier molecular flexibility index (Phi) is 5.45. The van der Waals surface area contributed by atoms with E-state index in [1.807, 2.05) is 0 Å². The van der Waals surface area contributed by atoms with E-state index in [0.29, 0.717) is 5.69 Å². The molecule has 0 spiro atoms. The molecule has 1 N–H and O–H groups in total. The number of nitrogens with zero attached hydrogens (tertiary/aromatic N) is 1. The summed E-state index contributed by atoms with van der Waals surface area (Å²) in [4.78, 5) is 28.0. The third-order valence-corrected chi connectivity index (χ3v) is 2.50. The Bertz CT molecular complexity index is 578. The van der Waals surface area contributed by atoms with E-state index < -0.39 is 29.3 Å². The first-order chi connectivity index (χ1) is 10.3. The molecule has 1 aromatic heterocycles. The molecule has 7 nitrogen and oxygen atoms in total. The summed E-state index contributed by atoms with van der Waals surface area (Å²) in [5.41, 5.74) is -0.818. The lowest BCUT2D eigenvalue weighted by Gasteiger charge is -2.21. The van der Waals surface area contributed by atoms with E-state index in [9.17, 15) is 9.59 Å². The summed E-state index contributed by atoms with van der Waals surface area (Å²) in [6.07, 6.45) is -0.584. The Morgan fingerprint density at radius 2 is 1.61 bits per heavy atom. The van der Waals surface area contributed by atoms with Crippen LogP contribution in [0.3, 0.4) is 0 Å². The Morgan fingerprint density at radius 3 is 2.09 bits per heavy atom. The fraction of sp³-hybridized carbons (Fsp3) is 0.688. The van der Waals surface area contributed by atoms with Crippen LogP contribution in [0, 0.1) is 6.92 Å². The minimum atomic E-state index is -0.628. The average Bonchev–Trinajstić information content (AvgIpc) is 2.66. The Hall–Kier alpha value is -2.05. The van der Waals surface area contributed by atoms with Gasteiger partial charge in [-0.25, -0.2) is 14.6 Å². The number of carbonyl (C=O) groups excluding carboxylic acids is 2. The number of aromatic nitrogens is 1. The molecule has 0 aliphatic rings. The predicted octanol–water partition coefficient (Wildman–Crippen LogP) is 3.52. The van der Waals surface area contributed by atoms with E-state index in [-0.39, 0.29) is 11.7 Å². The van der Waals surface area contributed by atoms with Gasteiger partial charge < -0.3 is 19.2 Å². The van der Waals surface area contributed by atoms with Gasteiger partial charge in [0.2, 0.25) is 11.7 Å². The van der Waals surface area contributed by atoms with Gasteiger partial charge in [-0.15, -0.1) is 0 Å². The van der Waals surface area contributed by atoms with Crippen molar-refractivity contribution >= 4 is 12.1 Å². The molecule has 0 bridgehead atoms. The van der Waals surface area contributed by atoms with Gasteiger partial charge in [-0.05, 0) is 55.4 Å². The van der Waals surface area contributed by atoms with Crippen LogP contribution in [0.25, 0.3) is 0 Å². The van der Waals surface area contributed by atoms with Crippen LogP contribution in [0.15, 0.2) is 4.42 Å². The molecule has 1 atom stereocenters. The largest absolute Gasteiger partial charge is 0.454 e. The summed E-state index contributed by atoms with van der Waals surface area (Å²) < 4.78 is 15.9. The van der Waals surface area contributed by atoms with E-state index in [2.05, 4.69) is 10.3 Å². The van der Waals surface area contributed by atoms with Crippen molar-refractivity contribution in [2.45, 2.75) is 72.6 Å². The van der Waals surface area contributed by atoms with Gasteiger partial charge in [0, 0.05) is 0 Å². The van der Waals surface area contributed by atoms with E-state index >= 15 is 0 Å². The van der Waals surface area contributed by atoms with Gasteiger partial charge in [0.05, 0.1) is 5.69 Å². The number of carbonyl (C=O) groups is 2. The summed E-state index contributed by atoms with van der Waals surface area (Å²) >= 11 is 0. The number of aryl methyl sites for hydroxylation is 1. The van der Waals surface area contributed by atoms with Gasteiger partial charge in [0.15, 0.2) is 0 Å². The number of esters is 1. The van der Waals surface area contributed by atoms with Gasteiger partial charge in [-0.1, -0.05) is 0 Å². The van der Waals surface area contributed by atoms with Crippen molar-refractivity contribution in [1.29, 1.82) is 0 Å². The first-order valence-electron chi connectivity index (χ1n) is 7.48. The Balaban J connectivity index is 2.81. The topological polar surface area (TPSA) is 90.7 Å². The van der Waals surface area contributed by atoms with Crippen LogP contribution in [-0.4, -0.2) is 28.2 Å². The zero-order valence-electron chi connectivity index (χ0n) is 15.1. The first-order valence-corrected chi connectivity index (χ1v) is 7.48. The Labute approximate surface area is 136 Å². The van der Waals surface area contributed by atoms with E-state index in [0.717, 1.165) is 0 Å². The maximum absolute atomic E-state index is 12.1. The van der Waals surface area contributed by atoms with Crippen molar-refractivity contribution in [1.82, 2.24) is 10.3 Å². The lowest BCUT2D eigenvalue weighted by molar-refractivity contribution is 0.00329. The second-order valence-electron chi connectivity index (χ2n) is 7.34. The minimum absolute atomic E-state index is 0.0350. The molecule has 23 heavy (non-hydrogen) atoms. The number of hydrogen-bond acceptors (Lipinski definition) is 6. The zero-order chi connectivity index (χ0) is 18.0. The van der Waals surface area contributed by atoms with E-state index in [1.165, 1.54) is 0 Å². The molecule has 0 fully saturated rings. The van der Waals surface area contributed by atoms with Crippen molar-refractivity contribution in [2.24, 2.45) is 0 Å². The molecular weight excluding hydrogens is 300 g/mol. The lowest BCUT2D eigenvalue weighted by Crippen LogP contribution is -2.34. The summed E-state index contributed by atoms with van der Waals surface area (Å²) in [7, 11) is 0. The maximum atomic E-state index is 12.1. The minimum Gasteiger partial charge on any atom is -0.454 e. The second kappa shape index (κ2) is 6.60. The van der Waals surface area contributed by atoms with Crippen LogP contribution in [0.2, 0.25) is 0 Å². The highest BCUT2D eigenvalue weighted by molar-refractivity contribution is 5.87. The highest BCUT2D eigenvalue weighted by Gasteiger charge is 2.27. The number of nitrogens with one attached hydrogen (secondary N) is 1. The van der Waals surface area contributed by atoms with Crippen LogP contribution in [-0.2, 0) is 9.47 Å². The van der Waals surface area contributed by atoms with Gasteiger partial charge in [-0.3, -0.25) is 0 Å². The summed E-state index contributed by atoms with van der Waals surface area (Å²) in [5, 5.41) is 2.61. The number of alkyl carbamates (subject to hydrolysis) is 1. The molecule has 1 aromatic rings. The van der Waals surface area contributed by atoms with Crippen LogP contribution < -0.4 is 5.32 Å². The molecule has 1 heterocycles. The average molecular weight is 326 g/mol. The summed E-state index contributed by atoms with van der Waals surface area (Å²) in [6, 6.07) is -0.542. The van der Waals surface area contributed by atoms with Gasteiger partial charge in [-0.2, -0.15) is 0 Å². The second-order valence-corrected chi connectivity index (χ2v) is 7.34. The van der Waals surface area contributed by atoms with Crippen molar-refractivity contribution < 1.29 is 23.5 Å². The van der Waals surface area contributed by atoms with Crippen molar-refractivity contribution in [2.75, 3.05) is 0 Å². The molecule has 0 saturated carbocycles. The predicted molar refractivity (Wildman–Crippen MR) is 84.2 cm³/mol. The molecule has 130 valence electrons. The monoisotopic (exact) mass is 326 g/mol. The van der Waals surface area contributed by atoms with Gasteiger partial charge in [0.1, 0.15) is 17.2 Å². The highest BCUT2D eigenvalue weighted by atomic mass is 16.6. The molecule has 0 saturated heterocycles. The van der Waals surface area contributed by atoms with Gasteiger partial charge >= 0.3 is 12.1 Å². The van der Waals surface area contributed by atoms with E-state index in [1.54, 1.807) is 55.4 Å². The van der Waals surface area contributed by atoms with E-state index in [4.69, 9.17) is 13.9 Å². The standard InChI is InChI=1S/C16H26N2O5/c1-9-11(13(19)22-15(3,4)5)21-12(17-9)10(2)18-14(20)23-16(6,7)8/h10H,1-8H3,(H,18,20)/t10-/m1/s1. The Morgan fingerprint density at radius 1 is 1.09 bits per heavy atom. The number of oxazole rings is 1. The summed E-state index contributed by atoms with van der Waals surface area (Å²) in [6.45, 7) is 14.0. The van der Waals surface area contributed by atoms with Crippen LogP contribution in [0.5, 0.6) is 0 Å². The fourth-order valence-electron chi connectivity index (χ4n) is 1.66. The third-order valence-electron chi connectivity index (χ3n) is 2.50. The maximum Gasteiger partial charge on any atom is 0.408 e. The fourth-order valence-corrected chi connectivity index (χ4v) is 1.66. The molecule has 1 rings (SSSR count). The molecule has 1 amide bonds. The van der Waals surface area contributed by atoms with Crippen molar-refractivity contribution in [3.8, 4) is 0 Å². The van der Waals surface area contributed by atoms with Crippen LogP contribution >= 0.6 is 0 Å². The van der Waals surface area contributed by atoms with Crippen molar-refractivity contribution in [3.05, 3.63) is 17.3 Å². The molecule has 7 heteroatoms. The van der Waals surface area contributed by atoms with Gasteiger partial charge in [0.25, 0.3) is 0 Å². The molecule has 0 aliphatic heterocycles. The SMILES string of the molecule is Cc1nc([C@@H](C)NC(=O)OC(C)(C)C)oc1C(=O)OC(C)(C)C. The highest BCUT2D eigenvalue weighted by Crippen LogP contribution is 2.20. The third kappa shape index (κ3) is 6.30. The number of amides is 1. The van der Waals surface area contributed by atoms with Crippen molar-refractivity contribution in [3.63, 3.8) is 0 Å². The molecule has 0 aromatic carbocycles. The molecular formula is C16H26N2O5. The number of ether oxygens (including phenoxy) is 2. The lowest BCUT2D eigenvalue weighted by atomic mass is 10.2. The summed E-state index contributed by atoms with van der Waals surface area (Å²) in [5.74, 6) is -0.333. The first kappa shape index (κ1) is 19.0. The zero-order valence-corrected chi connectivity index (χ0v) is 15.1. The molecule has 0 unspecified atom stereocenters.